The Hall–Kier alpha value is -7.01. The van der Waals surface area contributed by atoms with E-state index in [1.165, 1.54) is 24.7 Å². The third kappa shape index (κ3) is 19.1. The standard InChI is InChI=1S/C45H63N11O11S/c1-24(2)16-32(41(62)50-21-37(59)67-35(22-68)39(48)60)53-43(64)33(18-26-8-6-5-7-9-26)55-45(66)38(25(3)4)56-44(65)34(19-28-20-49-23-51-28)54-42(63)31(14-15-36(47)58)52-40(61)30(46)17-27-10-12-29(57)13-11-27/h5-13,20,23-25,30-35,38,57,68H,14-19,21-22,46H2,1-4H3,(H2,47,58)(H2,48,60)(H,49,51)(H,50,62)(H,52,61)(H,53,64)(H,54,63)(H,55,66)(H,56,65)/t30-,31-,32-,33-,34-,35?,38-/m0/s1. The molecule has 0 saturated carbocycles. The van der Waals surface area contributed by atoms with Gasteiger partial charge in [0.25, 0.3) is 5.91 Å². The lowest BCUT2D eigenvalue weighted by Gasteiger charge is -2.29. The minimum Gasteiger partial charge on any atom is -0.508 e. The number of aromatic amines is 1. The minimum absolute atomic E-state index is 0.0155. The smallest absolute Gasteiger partial charge is 0.326 e. The summed E-state index contributed by atoms with van der Waals surface area (Å²) in [6.07, 6.45) is 0.826. The zero-order valence-corrected chi connectivity index (χ0v) is 39.3. The Balaban J connectivity index is 1.84. The number of esters is 1. The molecule has 68 heavy (non-hydrogen) atoms. The van der Waals surface area contributed by atoms with Crippen LogP contribution in [0.25, 0.3) is 0 Å². The first-order valence-corrected chi connectivity index (χ1v) is 22.5. The van der Waals surface area contributed by atoms with E-state index < -0.39 is 108 Å². The van der Waals surface area contributed by atoms with E-state index in [2.05, 4.69) is 54.5 Å². The molecule has 0 bridgehead atoms. The first kappa shape index (κ1) is 55.3. The van der Waals surface area contributed by atoms with Crippen LogP contribution in [0.15, 0.2) is 67.1 Å². The lowest BCUT2D eigenvalue weighted by molar-refractivity contribution is -0.153. The van der Waals surface area contributed by atoms with Crippen molar-refractivity contribution in [3.63, 3.8) is 0 Å². The number of aromatic hydroxyl groups is 1. The molecule has 3 aromatic rings. The second-order valence-electron chi connectivity index (χ2n) is 16.8. The van der Waals surface area contributed by atoms with Gasteiger partial charge in [0, 0.05) is 36.9 Å². The third-order valence-electron chi connectivity index (χ3n) is 10.3. The van der Waals surface area contributed by atoms with Crippen LogP contribution in [0.4, 0.5) is 0 Å². The first-order chi connectivity index (χ1) is 32.2. The summed E-state index contributed by atoms with van der Waals surface area (Å²) >= 11 is 3.93. The molecule has 370 valence electrons. The van der Waals surface area contributed by atoms with Crippen LogP contribution in [0, 0.1) is 11.8 Å². The zero-order valence-electron chi connectivity index (χ0n) is 38.4. The molecule has 8 amide bonds. The van der Waals surface area contributed by atoms with Gasteiger partial charge in [-0.3, -0.25) is 43.2 Å². The number of nitrogens with one attached hydrogen (secondary N) is 7. The average molecular weight is 966 g/mol. The topological polar surface area (TPSA) is 362 Å². The number of phenols is 1. The number of carbonyl (C=O) groups is 9. The van der Waals surface area contributed by atoms with Crippen molar-refractivity contribution in [2.75, 3.05) is 12.3 Å². The largest absolute Gasteiger partial charge is 0.508 e. The van der Waals surface area contributed by atoms with Crippen molar-refractivity contribution < 1.29 is 53.0 Å². The van der Waals surface area contributed by atoms with Crippen molar-refractivity contribution in [3.05, 3.63) is 83.9 Å². The number of phenolic OH excluding ortho intramolecular Hbond substituents is 1. The maximum atomic E-state index is 14.2. The number of thiol groups is 1. The minimum atomic E-state index is -1.40. The zero-order chi connectivity index (χ0) is 50.5. The molecule has 0 aliphatic carbocycles. The van der Waals surface area contributed by atoms with Gasteiger partial charge in [0.05, 0.1) is 12.4 Å². The number of amides is 8. The van der Waals surface area contributed by atoms with Crippen LogP contribution in [0.1, 0.15) is 63.8 Å². The summed E-state index contributed by atoms with van der Waals surface area (Å²) in [7, 11) is 0. The number of hydrogen-bond acceptors (Lipinski definition) is 14. The number of H-pyrrole nitrogens is 1. The molecule has 1 aromatic heterocycles. The predicted molar refractivity (Wildman–Crippen MR) is 251 cm³/mol. The van der Waals surface area contributed by atoms with Crippen LogP contribution >= 0.6 is 12.6 Å². The second kappa shape index (κ2) is 27.6. The van der Waals surface area contributed by atoms with Gasteiger partial charge in [-0.05, 0) is 54.4 Å². The van der Waals surface area contributed by atoms with E-state index in [4.69, 9.17) is 21.9 Å². The number of benzene rings is 2. The molecule has 0 fully saturated rings. The summed E-state index contributed by atoms with van der Waals surface area (Å²) in [4.78, 5) is 126. The molecular formula is C45H63N11O11S. The van der Waals surface area contributed by atoms with Crippen LogP contribution in [-0.4, -0.2) is 123 Å². The number of ether oxygens (including phenoxy) is 1. The van der Waals surface area contributed by atoms with Gasteiger partial charge in [-0.2, -0.15) is 12.6 Å². The molecule has 0 radical (unpaired) electrons. The summed E-state index contributed by atoms with van der Waals surface area (Å²) in [5.41, 5.74) is 18.4. The fourth-order valence-corrected chi connectivity index (χ4v) is 6.92. The average Bonchev–Trinajstić information content (AvgIpc) is 3.80. The maximum Gasteiger partial charge on any atom is 0.326 e. The Morgan fingerprint density at radius 2 is 1.28 bits per heavy atom. The number of hydrogen-bond donors (Lipinski definition) is 12. The Morgan fingerprint density at radius 3 is 1.85 bits per heavy atom. The Labute approximate surface area is 399 Å². The Morgan fingerprint density at radius 1 is 0.706 bits per heavy atom. The van der Waals surface area contributed by atoms with Crippen molar-refractivity contribution in [2.24, 2.45) is 29.0 Å². The first-order valence-electron chi connectivity index (χ1n) is 21.9. The molecule has 0 spiro atoms. The molecular weight excluding hydrogens is 903 g/mol. The Bertz CT molecular complexity index is 2180. The number of carbonyl (C=O) groups excluding carboxylic acids is 9. The number of aromatic nitrogens is 2. The normalized spacial score (nSPS) is 14.2. The van der Waals surface area contributed by atoms with Crippen LogP contribution in [0.2, 0.25) is 0 Å². The fraction of sp³-hybridized carbons (Fsp3) is 0.467. The van der Waals surface area contributed by atoms with Crippen molar-refractivity contribution in [2.45, 2.75) is 109 Å². The summed E-state index contributed by atoms with van der Waals surface area (Å²) < 4.78 is 4.96. The van der Waals surface area contributed by atoms with E-state index in [0.29, 0.717) is 16.8 Å². The number of imidazole rings is 1. The highest BCUT2D eigenvalue weighted by atomic mass is 32.1. The van der Waals surface area contributed by atoms with Crippen molar-refractivity contribution in [1.82, 2.24) is 41.9 Å². The van der Waals surface area contributed by atoms with E-state index in [0.717, 1.165) is 0 Å². The van der Waals surface area contributed by atoms with Gasteiger partial charge >= 0.3 is 5.97 Å². The van der Waals surface area contributed by atoms with Crippen LogP contribution < -0.4 is 49.1 Å². The molecule has 2 aromatic carbocycles. The Kier molecular flexibility index (Phi) is 22.4. The highest BCUT2D eigenvalue weighted by molar-refractivity contribution is 7.80. The molecule has 0 saturated heterocycles. The number of primary amides is 2. The lowest BCUT2D eigenvalue weighted by atomic mass is 9.99. The molecule has 22 nitrogen and oxygen atoms in total. The highest BCUT2D eigenvalue weighted by Crippen LogP contribution is 2.13. The van der Waals surface area contributed by atoms with Gasteiger partial charge in [0.2, 0.25) is 41.4 Å². The van der Waals surface area contributed by atoms with Crippen molar-refractivity contribution in [3.8, 4) is 5.75 Å². The fourth-order valence-electron chi connectivity index (χ4n) is 6.66. The second-order valence-corrected chi connectivity index (χ2v) is 17.2. The van der Waals surface area contributed by atoms with Crippen LogP contribution in [0.3, 0.4) is 0 Å². The van der Waals surface area contributed by atoms with Crippen LogP contribution in [-0.2, 0) is 67.2 Å². The van der Waals surface area contributed by atoms with E-state index in [1.807, 2.05) is 0 Å². The summed E-state index contributed by atoms with van der Waals surface area (Å²) in [5, 5.41) is 25.2. The van der Waals surface area contributed by atoms with Gasteiger partial charge in [-0.25, -0.2) is 4.98 Å². The highest BCUT2D eigenvalue weighted by Gasteiger charge is 2.35. The summed E-state index contributed by atoms with van der Waals surface area (Å²) in [5.74, 6) is -8.30. The molecule has 3 rings (SSSR count). The van der Waals surface area contributed by atoms with Crippen molar-refractivity contribution >= 4 is 65.9 Å². The van der Waals surface area contributed by atoms with Gasteiger partial charge in [0.15, 0.2) is 6.10 Å². The molecule has 1 heterocycles. The van der Waals surface area contributed by atoms with E-state index >= 15 is 0 Å². The number of nitrogens with zero attached hydrogens (tertiary/aromatic N) is 1. The third-order valence-corrected chi connectivity index (χ3v) is 10.7. The predicted octanol–water partition coefficient (Wildman–Crippen LogP) is -1.69. The molecule has 0 aliphatic rings. The summed E-state index contributed by atoms with van der Waals surface area (Å²) in [6, 6.07) is 6.96. The monoisotopic (exact) mass is 965 g/mol. The molecule has 1 unspecified atom stereocenters. The molecule has 14 N–H and O–H groups in total. The van der Waals surface area contributed by atoms with Gasteiger partial charge in [-0.1, -0.05) is 70.2 Å². The quantitative estimate of drug-likeness (QED) is 0.0286. The van der Waals surface area contributed by atoms with Gasteiger partial charge in [0.1, 0.15) is 42.5 Å². The molecule has 23 heteroatoms. The number of nitrogens with two attached hydrogens (primary N) is 3. The summed E-state index contributed by atoms with van der Waals surface area (Å²) in [6.45, 7) is 6.25. The van der Waals surface area contributed by atoms with Crippen LogP contribution in [0.5, 0.6) is 5.75 Å². The molecule has 7 atom stereocenters. The molecule has 0 aliphatic heterocycles. The maximum absolute atomic E-state index is 14.2. The van der Waals surface area contributed by atoms with E-state index in [9.17, 15) is 48.3 Å². The number of rotatable bonds is 28. The van der Waals surface area contributed by atoms with Gasteiger partial charge in [-0.15, -0.1) is 0 Å². The van der Waals surface area contributed by atoms with Crippen molar-refractivity contribution in [1.29, 1.82) is 0 Å². The van der Waals surface area contributed by atoms with E-state index in [-0.39, 0.29) is 55.9 Å². The SMILES string of the molecule is CC(C)C[C@H](NC(=O)[C@H](Cc1ccccc1)NC(=O)[C@@H](NC(=O)[C@H](Cc1cnc[nH]1)NC(=O)[C@H](CCC(N)=O)NC(=O)[C@@H](N)Cc1ccc(O)cc1)C(C)C)C(=O)NCC(=O)OC(CS)C(N)=O. The van der Waals surface area contributed by atoms with E-state index in [1.54, 1.807) is 70.2 Å². The lowest BCUT2D eigenvalue weighted by Crippen LogP contribution is -2.61. The van der Waals surface area contributed by atoms with Gasteiger partial charge < -0.3 is 63.9 Å².